The highest BCUT2D eigenvalue weighted by Gasteiger charge is 2.37. The van der Waals surface area contributed by atoms with Crippen LogP contribution in [-0.4, -0.2) is 65.0 Å². The van der Waals surface area contributed by atoms with Crippen molar-refractivity contribution in [3.05, 3.63) is 83.6 Å². The molecule has 2 fully saturated rings. The van der Waals surface area contributed by atoms with Crippen LogP contribution >= 0.6 is 24.0 Å². The van der Waals surface area contributed by atoms with Gasteiger partial charge in [-0.25, -0.2) is 22.6 Å². The fraction of sp³-hybridized carbons (Fsp3) is 0.303. The van der Waals surface area contributed by atoms with Crippen LogP contribution in [0.15, 0.2) is 54.7 Å². The first-order chi connectivity index (χ1) is 23.2. The molecule has 0 aliphatic carbocycles. The van der Waals surface area contributed by atoms with Gasteiger partial charge in [0.1, 0.15) is 22.8 Å². The van der Waals surface area contributed by atoms with Crippen molar-refractivity contribution in [1.29, 1.82) is 0 Å². The SMILES string of the molecule is COc1cc2c(Oc3c(F)cc(NC(=S)NN4C(=O)CSC4c4c(F)cccc4F)cc3F)ccnc2cc1OCCCN1CCCC1. The van der Waals surface area contributed by atoms with Gasteiger partial charge in [-0.1, -0.05) is 6.07 Å². The van der Waals surface area contributed by atoms with E-state index in [1.54, 1.807) is 12.1 Å². The summed E-state index contributed by atoms with van der Waals surface area (Å²) in [6.45, 7) is 3.66. The van der Waals surface area contributed by atoms with Crippen molar-refractivity contribution in [1.82, 2.24) is 20.3 Å². The number of aromatic nitrogens is 1. The third-order valence-corrected chi connectivity index (χ3v) is 9.24. The second-order valence-electron chi connectivity index (χ2n) is 11.1. The molecular weight excluding hydrogens is 671 g/mol. The van der Waals surface area contributed by atoms with Crippen LogP contribution in [0.1, 0.15) is 30.2 Å². The summed E-state index contributed by atoms with van der Waals surface area (Å²) in [7, 11) is 1.50. The first-order valence-electron chi connectivity index (χ1n) is 15.2. The molecule has 0 radical (unpaired) electrons. The molecule has 0 saturated carbocycles. The van der Waals surface area contributed by atoms with Gasteiger partial charge in [-0.05, 0) is 68.8 Å². The number of anilines is 1. The van der Waals surface area contributed by atoms with Gasteiger partial charge in [-0.2, -0.15) is 0 Å². The Bertz CT molecular complexity index is 1800. The molecule has 0 bridgehead atoms. The maximum absolute atomic E-state index is 15.3. The molecule has 1 unspecified atom stereocenters. The Balaban J connectivity index is 1.14. The van der Waals surface area contributed by atoms with Gasteiger partial charge in [0.2, 0.25) is 0 Å². The van der Waals surface area contributed by atoms with Gasteiger partial charge in [0.25, 0.3) is 5.91 Å². The van der Waals surface area contributed by atoms with E-state index in [0.717, 1.165) is 67.1 Å². The number of methoxy groups -OCH3 is 1. The highest BCUT2D eigenvalue weighted by atomic mass is 32.2. The standard InChI is InChI=1S/C33H31F4N5O4S2/c1-44-27-16-20-25(17-28(27)45-13-5-12-41-10-2-3-11-41)38-9-8-26(20)46-31-23(36)14-19(15-24(31)37)39-33(47)40-42-29(43)18-48-32(42)30-21(34)6-4-7-22(30)35/h4,6-9,14-17,32H,2-3,5,10-13,18H2,1H3,(H2,39,40,47). The lowest BCUT2D eigenvalue weighted by Gasteiger charge is -2.26. The summed E-state index contributed by atoms with van der Waals surface area (Å²) in [6, 6.07) is 10.1. The van der Waals surface area contributed by atoms with E-state index >= 15 is 8.78 Å². The number of nitrogens with zero attached hydrogens (tertiary/aromatic N) is 3. The minimum absolute atomic E-state index is 0.0634. The quantitative estimate of drug-likeness (QED) is 0.0976. The topological polar surface area (TPSA) is 88.2 Å². The molecule has 0 spiro atoms. The lowest BCUT2D eigenvalue weighted by molar-refractivity contribution is -0.129. The number of nitrogens with one attached hydrogen (secondary N) is 2. The van der Waals surface area contributed by atoms with Crippen LogP contribution in [-0.2, 0) is 4.79 Å². The van der Waals surface area contributed by atoms with Crippen LogP contribution in [0.5, 0.6) is 23.0 Å². The van der Waals surface area contributed by atoms with Crippen molar-refractivity contribution in [3.8, 4) is 23.0 Å². The third-order valence-electron chi connectivity index (χ3n) is 7.87. The fourth-order valence-electron chi connectivity index (χ4n) is 5.58. The highest BCUT2D eigenvalue weighted by Crippen LogP contribution is 2.41. The first kappa shape index (κ1) is 33.6. The molecule has 1 aromatic heterocycles. The van der Waals surface area contributed by atoms with E-state index in [1.165, 1.54) is 38.3 Å². The van der Waals surface area contributed by atoms with E-state index in [0.29, 0.717) is 29.0 Å². The molecule has 3 heterocycles. The molecule has 252 valence electrons. The van der Waals surface area contributed by atoms with Gasteiger partial charge in [-0.15, -0.1) is 11.8 Å². The van der Waals surface area contributed by atoms with Crippen molar-refractivity contribution >= 4 is 51.6 Å². The zero-order chi connectivity index (χ0) is 33.8. The summed E-state index contributed by atoms with van der Waals surface area (Å²) in [4.78, 5) is 19.3. The van der Waals surface area contributed by atoms with E-state index in [1.807, 2.05) is 0 Å². The predicted molar refractivity (Wildman–Crippen MR) is 178 cm³/mol. The summed E-state index contributed by atoms with van der Waals surface area (Å²) in [5, 5.41) is 2.73. The van der Waals surface area contributed by atoms with Crippen LogP contribution < -0.4 is 25.0 Å². The molecule has 3 aromatic carbocycles. The summed E-state index contributed by atoms with van der Waals surface area (Å²) >= 11 is 6.24. The van der Waals surface area contributed by atoms with Crippen molar-refractivity contribution in [2.75, 3.05) is 44.4 Å². The van der Waals surface area contributed by atoms with Gasteiger partial charge in [0.15, 0.2) is 34.0 Å². The van der Waals surface area contributed by atoms with Crippen molar-refractivity contribution in [2.45, 2.75) is 24.6 Å². The Morgan fingerprint density at radius 3 is 2.44 bits per heavy atom. The average molecular weight is 702 g/mol. The molecule has 15 heteroatoms. The zero-order valence-corrected chi connectivity index (χ0v) is 27.4. The zero-order valence-electron chi connectivity index (χ0n) is 25.7. The molecule has 2 saturated heterocycles. The maximum atomic E-state index is 15.3. The van der Waals surface area contributed by atoms with E-state index in [2.05, 4.69) is 20.6 Å². The van der Waals surface area contributed by atoms with Crippen LogP contribution in [0.2, 0.25) is 0 Å². The number of hydrogen-bond acceptors (Lipinski definition) is 8. The molecule has 2 aliphatic rings. The second-order valence-corrected chi connectivity index (χ2v) is 12.6. The number of hydrazine groups is 1. The van der Waals surface area contributed by atoms with E-state index in [9.17, 15) is 13.6 Å². The molecule has 1 amide bonds. The van der Waals surface area contributed by atoms with E-state index in [4.69, 9.17) is 26.4 Å². The van der Waals surface area contributed by atoms with Gasteiger partial charge in [0.05, 0.1) is 30.5 Å². The smallest absolute Gasteiger partial charge is 0.252 e. The Kier molecular flexibility index (Phi) is 10.4. The van der Waals surface area contributed by atoms with Crippen LogP contribution in [0.4, 0.5) is 23.2 Å². The molecule has 48 heavy (non-hydrogen) atoms. The number of halogens is 4. The molecule has 1 atom stereocenters. The first-order valence-corrected chi connectivity index (χ1v) is 16.6. The maximum Gasteiger partial charge on any atom is 0.252 e. The minimum atomic E-state index is -1.06. The number of amides is 1. The number of fused-ring (bicyclic) bond motifs is 1. The number of thiocarbonyl (C=S) groups is 1. The molecule has 2 aliphatic heterocycles. The number of pyridine rings is 1. The Morgan fingerprint density at radius 1 is 1.00 bits per heavy atom. The predicted octanol–water partition coefficient (Wildman–Crippen LogP) is 6.93. The Labute approximate surface area is 283 Å². The average Bonchev–Trinajstić information content (AvgIpc) is 3.70. The lowest BCUT2D eigenvalue weighted by atomic mass is 10.1. The summed E-state index contributed by atoms with van der Waals surface area (Å²) in [5.74, 6) is -3.94. The van der Waals surface area contributed by atoms with E-state index < -0.39 is 40.3 Å². The minimum Gasteiger partial charge on any atom is -0.493 e. The van der Waals surface area contributed by atoms with Gasteiger partial charge >= 0.3 is 0 Å². The number of thioether (sulfide) groups is 1. The van der Waals surface area contributed by atoms with E-state index in [-0.39, 0.29) is 27.9 Å². The molecule has 4 aromatic rings. The Morgan fingerprint density at radius 2 is 1.73 bits per heavy atom. The number of ether oxygens (including phenoxy) is 3. The fourth-order valence-corrected chi connectivity index (χ4v) is 6.95. The van der Waals surface area contributed by atoms with Crippen molar-refractivity contribution in [2.24, 2.45) is 0 Å². The van der Waals surface area contributed by atoms with Crippen LogP contribution in [0.25, 0.3) is 10.9 Å². The monoisotopic (exact) mass is 701 g/mol. The molecular formula is C33H31F4N5O4S2. The summed E-state index contributed by atoms with van der Waals surface area (Å²) in [6.07, 6.45) is 4.75. The highest BCUT2D eigenvalue weighted by molar-refractivity contribution is 8.00. The van der Waals surface area contributed by atoms with Crippen LogP contribution in [0, 0.1) is 23.3 Å². The molecule has 9 nitrogen and oxygen atoms in total. The number of rotatable bonds is 11. The summed E-state index contributed by atoms with van der Waals surface area (Å²) < 4.78 is 76.7. The second kappa shape index (κ2) is 14.8. The molecule has 6 rings (SSSR count). The largest absolute Gasteiger partial charge is 0.493 e. The number of hydrogen-bond donors (Lipinski definition) is 2. The van der Waals surface area contributed by atoms with Crippen molar-refractivity contribution < 1.29 is 36.6 Å². The van der Waals surface area contributed by atoms with Gasteiger partial charge in [0, 0.05) is 42.0 Å². The van der Waals surface area contributed by atoms with Crippen molar-refractivity contribution in [3.63, 3.8) is 0 Å². The number of likely N-dealkylation sites (tertiary alicyclic amines) is 1. The third kappa shape index (κ3) is 7.37. The number of benzene rings is 3. The number of carbonyl (C=O) groups excluding carboxylic acids is 1. The lowest BCUT2D eigenvalue weighted by Crippen LogP contribution is -2.46. The Hall–Kier alpha value is -4.34. The van der Waals surface area contributed by atoms with Crippen LogP contribution in [0.3, 0.4) is 0 Å². The number of carbonyl (C=O) groups is 1. The normalized spacial score (nSPS) is 16.4. The summed E-state index contributed by atoms with van der Waals surface area (Å²) in [5.41, 5.74) is 2.63. The van der Waals surface area contributed by atoms with Gasteiger partial charge in [-0.3, -0.25) is 15.2 Å². The van der Waals surface area contributed by atoms with Gasteiger partial charge < -0.3 is 24.4 Å². The molecule has 2 N–H and O–H groups in total.